The summed E-state index contributed by atoms with van der Waals surface area (Å²) in [6, 6.07) is 8.33. The highest BCUT2D eigenvalue weighted by Gasteiger charge is 2.36. The van der Waals surface area contributed by atoms with Gasteiger partial charge in [0, 0.05) is 17.2 Å². The fourth-order valence-electron chi connectivity index (χ4n) is 4.11. The van der Waals surface area contributed by atoms with Gasteiger partial charge in [0.15, 0.2) is 0 Å². The van der Waals surface area contributed by atoms with Crippen LogP contribution >= 0.6 is 39.1 Å². The van der Waals surface area contributed by atoms with Crippen LogP contribution in [0.25, 0.3) is 0 Å². The van der Waals surface area contributed by atoms with Crippen molar-refractivity contribution in [1.82, 2.24) is 14.5 Å². The van der Waals surface area contributed by atoms with E-state index in [1.54, 1.807) is 4.57 Å². The lowest BCUT2D eigenvalue weighted by atomic mass is 10.1. The van der Waals surface area contributed by atoms with Gasteiger partial charge in [-0.25, -0.2) is 19.5 Å². The van der Waals surface area contributed by atoms with E-state index in [-0.39, 0.29) is 52.6 Å². The molecule has 3 N–H and O–H groups in total. The molecule has 2 heterocycles. The molecule has 0 aliphatic heterocycles. The quantitative estimate of drug-likeness (QED) is 0.340. The number of nitrogens with zero attached hydrogens (tertiary/aromatic N) is 3. The van der Waals surface area contributed by atoms with Crippen molar-refractivity contribution < 1.29 is 21.8 Å². The van der Waals surface area contributed by atoms with E-state index in [0.29, 0.717) is 6.54 Å². The van der Waals surface area contributed by atoms with Gasteiger partial charge >= 0.3 is 10.3 Å². The van der Waals surface area contributed by atoms with Gasteiger partial charge in [-0.2, -0.15) is 8.42 Å². The molecular formula is C22H21BrCl2FN5O4S. The van der Waals surface area contributed by atoms with Crippen molar-refractivity contribution in [2.24, 2.45) is 11.1 Å². The fraction of sp³-hybridized carbons (Fsp3) is 0.318. The molecule has 0 bridgehead atoms. The molecule has 0 amide bonds. The van der Waals surface area contributed by atoms with Crippen LogP contribution in [0.15, 0.2) is 47.3 Å². The first-order chi connectivity index (χ1) is 17.0. The normalized spacial score (nSPS) is 20.0. The average molecular weight is 621 g/mol. The van der Waals surface area contributed by atoms with Crippen molar-refractivity contribution in [3.05, 3.63) is 74.3 Å². The van der Waals surface area contributed by atoms with Crippen molar-refractivity contribution in [3.63, 3.8) is 0 Å². The van der Waals surface area contributed by atoms with Crippen molar-refractivity contribution in [1.29, 1.82) is 0 Å². The predicted molar refractivity (Wildman–Crippen MR) is 137 cm³/mol. The summed E-state index contributed by atoms with van der Waals surface area (Å²) in [7, 11) is -4.12. The van der Waals surface area contributed by atoms with Crippen molar-refractivity contribution in [3.8, 4) is 0 Å². The number of carbonyl (C=O) groups excluding carboxylic acids is 1. The topological polar surface area (TPSA) is 129 Å². The number of alkyl halides is 1. The van der Waals surface area contributed by atoms with Gasteiger partial charge in [0.1, 0.15) is 28.6 Å². The van der Waals surface area contributed by atoms with Crippen LogP contribution < -0.4 is 10.5 Å². The molecule has 3 atom stereocenters. The third-order valence-corrected chi connectivity index (χ3v) is 7.46. The lowest BCUT2D eigenvalue weighted by Gasteiger charge is -2.17. The zero-order valence-electron chi connectivity index (χ0n) is 18.6. The fourth-order valence-corrected chi connectivity index (χ4v) is 5.53. The minimum atomic E-state index is -4.12. The Bertz CT molecular complexity index is 1390. The third-order valence-electron chi connectivity index (χ3n) is 5.78. The number of nitrogens with one attached hydrogen (secondary N) is 1. The van der Waals surface area contributed by atoms with E-state index < -0.39 is 28.3 Å². The molecule has 2 aromatic heterocycles. The summed E-state index contributed by atoms with van der Waals surface area (Å²) in [5, 5.41) is 8.22. The van der Waals surface area contributed by atoms with E-state index in [1.165, 1.54) is 18.6 Å². The highest BCUT2D eigenvalue weighted by atomic mass is 79.9. The van der Waals surface area contributed by atoms with Crippen LogP contribution in [0, 0.1) is 5.92 Å². The van der Waals surface area contributed by atoms with Gasteiger partial charge in [-0.05, 0) is 42.5 Å². The lowest BCUT2D eigenvalue weighted by Crippen LogP contribution is -2.27. The molecule has 1 aliphatic rings. The summed E-state index contributed by atoms with van der Waals surface area (Å²) < 4.78 is 43.8. The maximum absolute atomic E-state index is 14.7. The number of hydrogen-bond donors (Lipinski definition) is 2. The second kappa shape index (κ2) is 11.1. The van der Waals surface area contributed by atoms with Gasteiger partial charge in [-0.15, -0.1) is 0 Å². The number of nitrogens with two attached hydrogens (primary N) is 1. The van der Waals surface area contributed by atoms with E-state index >= 15 is 0 Å². The number of carbonyl (C=O) groups is 1. The Labute approximate surface area is 225 Å². The minimum absolute atomic E-state index is 0.0709. The lowest BCUT2D eigenvalue weighted by molar-refractivity contribution is 0.103. The second-order valence-electron chi connectivity index (χ2n) is 8.38. The molecule has 3 unspecified atom stereocenters. The Balaban J connectivity index is 1.53. The molecule has 0 saturated heterocycles. The van der Waals surface area contributed by atoms with Gasteiger partial charge in [0.25, 0.3) is 0 Å². The van der Waals surface area contributed by atoms with E-state index in [4.69, 9.17) is 28.3 Å². The van der Waals surface area contributed by atoms with Gasteiger partial charge < -0.3 is 9.88 Å². The molecule has 9 nitrogen and oxygen atoms in total. The Morgan fingerprint density at radius 1 is 1.28 bits per heavy atom. The standard InChI is InChI=1S/C22H21BrCl2FN5O4S/c23-14-3-1-2-12(4-14)9-31-19(24)7-15(21(31)25)20(32)16-8-28-11-29-22(16)30-18-6-13(5-17(18)26)10-35-36(27,33)34/h1-4,7-8,11,13,17-18H,5-6,9-10H2,(H2,27,33,34)(H,28,29,30). The molecule has 0 radical (unpaired) electrons. The molecule has 1 saturated carbocycles. The first-order valence-corrected chi connectivity index (χ1v) is 13.7. The van der Waals surface area contributed by atoms with Crippen molar-refractivity contribution in [2.45, 2.75) is 31.6 Å². The monoisotopic (exact) mass is 619 g/mol. The number of anilines is 1. The van der Waals surface area contributed by atoms with Gasteiger partial charge in [-0.1, -0.05) is 51.3 Å². The highest BCUT2D eigenvalue weighted by molar-refractivity contribution is 9.10. The summed E-state index contributed by atoms with van der Waals surface area (Å²) in [6.07, 6.45) is 1.56. The number of halogens is 4. The molecular weight excluding hydrogens is 600 g/mol. The van der Waals surface area contributed by atoms with E-state index in [1.807, 2.05) is 24.3 Å². The summed E-state index contributed by atoms with van der Waals surface area (Å²) in [5.74, 6) is -0.736. The van der Waals surface area contributed by atoms with Gasteiger partial charge in [0.05, 0.1) is 23.8 Å². The first-order valence-electron chi connectivity index (χ1n) is 10.7. The Hall–Kier alpha value is -2.09. The highest BCUT2D eigenvalue weighted by Crippen LogP contribution is 2.33. The molecule has 3 aromatic rings. The molecule has 1 aliphatic carbocycles. The maximum atomic E-state index is 14.7. The molecule has 14 heteroatoms. The maximum Gasteiger partial charge on any atom is 0.333 e. The molecule has 36 heavy (non-hydrogen) atoms. The second-order valence-corrected chi connectivity index (χ2v) is 11.3. The first kappa shape index (κ1) is 27.0. The summed E-state index contributed by atoms with van der Waals surface area (Å²) in [5.41, 5.74) is 1.16. The summed E-state index contributed by atoms with van der Waals surface area (Å²) >= 11 is 16.4. The van der Waals surface area contributed by atoms with Gasteiger partial charge in [0.2, 0.25) is 5.78 Å². The number of aromatic nitrogens is 3. The van der Waals surface area contributed by atoms with Crippen molar-refractivity contribution in [2.75, 3.05) is 11.9 Å². The Kier molecular flexibility index (Phi) is 8.32. The summed E-state index contributed by atoms with van der Waals surface area (Å²) in [4.78, 5) is 21.5. The number of benzene rings is 1. The van der Waals surface area contributed by atoms with Crippen LogP contribution in [-0.4, -0.2) is 47.6 Å². The molecule has 1 aromatic carbocycles. The Morgan fingerprint density at radius 3 is 2.78 bits per heavy atom. The largest absolute Gasteiger partial charge is 0.364 e. The SMILES string of the molecule is NS(=O)(=O)OCC1CC(F)C(Nc2ncncc2C(=O)c2cc(Cl)n(Cc3cccc(Br)c3)c2Cl)C1. The molecule has 0 spiro atoms. The zero-order chi connectivity index (χ0) is 26.0. The van der Waals surface area contributed by atoms with Crippen LogP contribution in [0.3, 0.4) is 0 Å². The van der Waals surface area contributed by atoms with Crippen molar-refractivity contribution >= 4 is 61.0 Å². The van der Waals surface area contributed by atoms with E-state index in [2.05, 4.69) is 35.4 Å². The van der Waals surface area contributed by atoms with E-state index in [0.717, 1.165) is 10.0 Å². The van der Waals surface area contributed by atoms with Gasteiger partial charge in [-0.3, -0.25) is 8.98 Å². The average Bonchev–Trinajstić information content (AvgIpc) is 3.31. The van der Waals surface area contributed by atoms with E-state index in [9.17, 15) is 17.6 Å². The third kappa shape index (κ3) is 6.42. The van der Waals surface area contributed by atoms with Crippen LogP contribution in [-0.2, 0) is 21.0 Å². The predicted octanol–water partition coefficient (Wildman–Crippen LogP) is 4.38. The smallest absolute Gasteiger partial charge is 0.333 e. The van der Waals surface area contributed by atoms with Crippen LogP contribution in [0.4, 0.5) is 10.2 Å². The molecule has 192 valence electrons. The minimum Gasteiger partial charge on any atom is -0.364 e. The molecule has 1 fully saturated rings. The van der Waals surface area contributed by atoms with Crippen LogP contribution in [0.1, 0.15) is 34.3 Å². The van der Waals surface area contributed by atoms with Crippen LogP contribution in [0.2, 0.25) is 10.3 Å². The zero-order valence-corrected chi connectivity index (χ0v) is 22.5. The van der Waals surface area contributed by atoms with Crippen LogP contribution in [0.5, 0.6) is 0 Å². The molecule has 4 rings (SSSR count). The number of rotatable bonds is 9. The number of hydrogen-bond acceptors (Lipinski definition) is 7. The number of ketones is 1. The Morgan fingerprint density at radius 2 is 2.06 bits per heavy atom. The summed E-state index contributed by atoms with van der Waals surface area (Å²) in [6.45, 7) is 0.112.